The van der Waals surface area contributed by atoms with E-state index in [0.29, 0.717) is 0 Å². The molecule has 0 aliphatic carbocycles. The third-order valence-corrected chi connectivity index (χ3v) is 11.2. The molecule has 0 aliphatic rings. The van der Waals surface area contributed by atoms with E-state index in [4.69, 9.17) is 0 Å². The first-order chi connectivity index (χ1) is 27.8. The van der Waals surface area contributed by atoms with Crippen molar-refractivity contribution in [3.63, 3.8) is 0 Å². The molecule has 56 heavy (non-hydrogen) atoms. The average Bonchev–Trinajstić information content (AvgIpc) is 3.79. The first-order valence-corrected chi connectivity index (χ1v) is 19.2. The van der Waals surface area contributed by atoms with Gasteiger partial charge in [-0.1, -0.05) is 127 Å². The monoisotopic (exact) mass is 714 g/mol. The normalized spacial score (nSPS) is 11.6. The lowest BCUT2D eigenvalue weighted by molar-refractivity contribution is -0.595. The molecule has 0 spiro atoms. The van der Waals surface area contributed by atoms with E-state index in [9.17, 15) is 0 Å². The van der Waals surface area contributed by atoms with Crippen LogP contribution in [0.15, 0.2) is 219 Å². The molecule has 0 bridgehead atoms. The summed E-state index contributed by atoms with van der Waals surface area (Å²) in [4.78, 5) is 0. The van der Waals surface area contributed by atoms with Crippen LogP contribution in [-0.2, 0) is 0 Å². The van der Waals surface area contributed by atoms with Gasteiger partial charge in [0.2, 0.25) is 5.69 Å². The fraction of sp³-hybridized carbons (Fsp3) is 0. The molecule has 0 N–H and O–H groups in total. The first-order valence-electron chi connectivity index (χ1n) is 19.2. The lowest BCUT2D eigenvalue weighted by Gasteiger charge is -2.11. The summed E-state index contributed by atoms with van der Waals surface area (Å²) in [7, 11) is 0. The van der Waals surface area contributed by atoms with Gasteiger partial charge >= 0.3 is 0 Å². The van der Waals surface area contributed by atoms with Crippen molar-refractivity contribution < 1.29 is 4.57 Å². The molecule has 0 atom stereocenters. The molecule has 0 amide bonds. The van der Waals surface area contributed by atoms with Gasteiger partial charge in [0.15, 0.2) is 12.4 Å². The van der Waals surface area contributed by atoms with Crippen LogP contribution in [0.5, 0.6) is 0 Å². The Morgan fingerprint density at radius 2 is 0.679 bits per heavy atom. The highest BCUT2D eigenvalue weighted by molar-refractivity contribution is 6.12. The van der Waals surface area contributed by atoms with Crippen molar-refractivity contribution in [3.8, 4) is 50.4 Å². The number of para-hydroxylation sites is 3. The lowest BCUT2D eigenvalue weighted by atomic mass is 9.99. The van der Waals surface area contributed by atoms with Crippen molar-refractivity contribution in [3.05, 3.63) is 219 Å². The summed E-state index contributed by atoms with van der Waals surface area (Å²) in [6.07, 6.45) is 4.29. The maximum absolute atomic E-state index is 2.40. The van der Waals surface area contributed by atoms with Crippen molar-refractivity contribution in [2.45, 2.75) is 0 Å². The Hall–Kier alpha value is -7.49. The molecule has 0 unspecified atom stereocenters. The second-order valence-electron chi connectivity index (χ2n) is 14.5. The molecule has 0 radical (unpaired) electrons. The van der Waals surface area contributed by atoms with Gasteiger partial charge in [0.05, 0.1) is 27.8 Å². The third kappa shape index (κ3) is 5.32. The van der Waals surface area contributed by atoms with E-state index in [1.165, 1.54) is 77.0 Å². The number of aromatic nitrogens is 3. The molecular formula is C53H36N3+. The summed E-state index contributed by atoms with van der Waals surface area (Å²) in [5.41, 5.74) is 15.5. The van der Waals surface area contributed by atoms with Crippen LogP contribution in [0.2, 0.25) is 0 Å². The Bertz CT molecular complexity index is 3210. The maximum Gasteiger partial charge on any atom is 0.210 e. The van der Waals surface area contributed by atoms with Crippen molar-refractivity contribution in [1.82, 2.24) is 9.13 Å². The summed E-state index contributed by atoms with van der Waals surface area (Å²) in [5.74, 6) is 0. The first kappa shape index (κ1) is 32.0. The maximum atomic E-state index is 2.40. The van der Waals surface area contributed by atoms with Gasteiger partial charge < -0.3 is 9.13 Å². The number of hydrogen-bond donors (Lipinski definition) is 0. The zero-order valence-electron chi connectivity index (χ0n) is 30.6. The van der Waals surface area contributed by atoms with Gasteiger partial charge in [-0.2, -0.15) is 4.57 Å². The largest absolute Gasteiger partial charge is 0.309 e. The van der Waals surface area contributed by atoms with Crippen LogP contribution in [-0.4, -0.2) is 9.13 Å². The van der Waals surface area contributed by atoms with Crippen LogP contribution in [0.25, 0.3) is 94.1 Å². The SMILES string of the molecule is c1ccc(-c2cccc(-c3ccc(-n4c5ccccc5c5cc(-c6ccc7c(c6)c6ccccc6n7-c6cc[n+](-c7ccccc7)cc6)ccc54)cc3)c2)cc1. The van der Waals surface area contributed by atoms with Crippen LogP contribution in [0.3, 0.4) is 0 Å². The number of nitrogens with zero attached hydrogens (tertiary/aromatic N) is 3. The Labute approximate surface area is 325 Å². The Morgan fingerprint density at radius 3 is 1.25 bits per heavy atom. The second-order valence-corrected chi connectivity index (χ2v) is 14.5. The standard InChI is InChI=1S/C53H36N3/c1-3-12-37(13-4-1)39-14-11-15-40(34-39)38-22-26-44(27-23-38)55-50-20-9-7-18-46(50)48-35-41(24-28-52(48)55)42-25-29-53-49(36-42)47-19-8-10-21-51(47)56(53)45-30-32-54(33-31-45)43-16-5-2-6-17-43/h1-36H/q+1. The van der Waals surface area contributed by atoms with Gasteiger partial charge in [0.25, 0.3) is 0 Å². The van der Waals surface area contributed by atoms with Crippen molar-refractivity contribution >= 4 is 43.6 Å². The van der Waals surface area contributed by atoms with Crippen LogP contribution in [0.4, 0.5) is 0 Å². The van der Waals surface area contributed by atoms with E-state index < -0.39 is 0 Å². The summed E-state index contributed by atoms with van der Waals surface area (Å²) >= 11 is 0. The number of fused-ring (bicyclic) bond motifs is 6. The highest BCUT2D eigenvalue weighted by atomic mass is 15.0. The van der Waals surface area contributed by atoms with Gasteiger partial charge in [0.1, 0.15) is 0 Å². The molecule has 0 fully saturated rings. The number of hydrogen-bond acceptors (Lipinski definition) is 0. The molecule has 3 heteroatoms. The van der Waals surface area contributed by atoms with E-state index in [-0.39, 0.29) is 0 Å². The smallest absolute Gasteiger partial charge is 0.210 e. The number of benzene rings is 8. The van der Waals surface area contributed by atoms with Gasteiger partial charge in [-0.25, -0.2) is 0 Å². The molecule has 0 saturated heterocycles. The molecule has 3 heterocycles. The zero-order valence-corrected chi connectivity index (χ0v) is 30.6. The minimum absolute atomic E-state index is 1.14. The zero-order chi connectivity index (χ0) is 37.0. The predicted molar refractivity (Wildman–Crippen MR) is 233 cm³/mol. The molecule has 262 valence electrons. The summed E-state index contributed by atoms with van der Waals surface area (Å²) in [6.45, 7) is 0. The number of rotatable bonds is 6. The average molecular weight is 715 g/mol. The van der Waals surface area contributed by atoms with E-state index in [0.717, 1.165) is 17.1 Å². The fourth-order valence-electron chi connectivity index (χ4n) is 8.51. The second kappa shape index (κ2) is 13.1. The molecule has 11 aromatic rings. The van der Waals surface area contributed by atoms with E-state index in [1.54, 1.807) is 0 Å². The van der Waals surface area contributed by atoms with Crippen LogP contribution >= 0.6 is 0 Å². The summed E-state index contributed by atoms with van der Waals surface area (Å²) in [5, 5.41) is 4.99. The van der Waals surface area contributed by atoms with E-state index in [1.807, 2.05) is 6.07 Å². The van der Waals surface area contributed by atoms with Crippen LogP contribution < -0.4 is 4.57 Å². The Morgan fingerprint density at radius 1 is 0.268 bits per heavy atom. The summed E-state index contributed by atoms with van der Waals surface area (Å²) in [6, 6.07) is 74.6. The molecule has 3 nitrogen and oxygen atoms in total. The van der Waals surface area contributed by atoms with E-state index in [2.05, 4.69) is 226 Å². The molecule has 0 saturated carbocycles. The minimum atomic E-state index is 1.14. The van der Waals surface area contributed by atoms with Crippen molar-refractivity contribution in [2.24, 2.45) is 0 Å². The predicted octanol–water partition coefficient (Wildman–Crippen LogP) is 13.2. The molecule has 11 rings (SSSR count). The third-order valence-electron chi connectivity index (χ3n) is 11.2. The van der Waals surface area contributed by atoms with Gasteiger partial charge in [-0.05, 0) is 88.0 Å². The van der Waals surface area contributed by atoms with Gasteiger partial charge in [0, 0.05) is 51.5 Å². The summed E-state index contributed by atoms with van der Waals surface area (Å²) < 4.78 is 6.94. The molecule has 3 aromatic heterocycles. The lowest BCUT2D eigenvalue weighted by Crippen LogP contribution is -2.29. The number of pyridine rings is 1. The van der Waals surface area contributed by atoms with Gasteiger partial charge in [-0.15, -0.1) is 0 Å². The van der Waals surface area contributed by atoms with Crippen molar-refractivity contribution in [1.29, 1.82) is 0 Å². The highest BCUT2D eigenvalue weighted by Crippen LogP contribution is 2.38. The topological polar surface area (TPSA) is 13.7 Å². The van der Waals surface area contributed by atoms with Crippen molar-refractivity contribution in [2.75, 3.05) is 0 Å². The fourth-order valence-corrected chi connectivity index (χ4v) is 8.51. The van der Waals surface area contributed by atoms with Crippen LogP contribution in [0.1, 0.15) is 0 Å². The quantitative estimate of drug-likeness (QED) is 0.152. The Balaban J connectivity index is 0.979. The van der Waals surface area contributed by atoms with E-state index >= 15 is 0 Å². The van der Waals surface area contributed by atoms with Gasteiger partial charge in [-0.3, -0.25) is 0 Å². The Kier molecular flexibility index (Phi) is 7.49. The highest BCUT2D eigenvalue weighted by Gasteiger charge is 2.17. The van der Waals surface area contributed by atoms with Crippen LogP contribution in [0, 0.1) is 0 Å². The molecule has 8 aromatic carbocycles. The molecular weight excluding hydrogens is 679 g/mol. The minimum Gasteiger partial charge on any atom is -0.309 e. The molecule has 0 aliphatic heterocycles.